The van der Waals surface area contributed by atoms with E-state index in [-0.39, 0.29) is 56.4 Å². The van der Waals surface area contributed by atoms with Gasteiger partial charge in [-0.15, -0.1) is 0 Å². The van der Waals surface area contributed by atoms with E-state index >= 15 is 0 Å². The number of anilines is 1. The van der Waals surface area contributed by atoms with Gasteiger partial charge in [-0.05, 0) is 81.5 Å². The van der Waals surface area contributed by atoms with Crippen LogP contribution in [0.5, 0.6) is 0 Å². The Morgan fingerprint density at radius 1 is 0.642 bits per heavy atom. The Labute approximate surface area is 632 Å². The molecule has 14 amide bonds. The summed E-state index contributed by atoms with van der Waals surface area (Å²) in [5, 5.41) is 22.3. The molecule has 0 radical (unpaired) electrons. The molecule has 602 valence electrons. The highest BCUT2D eigenvalue weighted by atomic mass is 31.2. The maximum Gasteiger partial charge on any atom is 0.472 e. The Bertz CT molecular complexity index is 3670. The number of benzene rings is 2. The Balaban J connectivity index is 1.76. The third-order valence-corrected chi connectivity index (χ3v) is 17.9. The highest BCUT2D eigenvalue weighted by Crippen LogP contribution is 2.47. The molecule has 3 rings (SSSR count). The van der Waals surface area contributed by atoms with Gasteiger partial charge in [0, 0.05) is 85.9 Å². The van der Waals surface area contributed by atoms with E-state index in [2.05, 4.69) is 54.4 Å². The van der Waals surface area contributed by atoms with Crippen LogP contribution in [0, 0.1) is 17.8 Å². The number of rotatable bonds is 44. The third-order valence-electron chi connectivity index (χ3n) is 16.9. The van der Waals surface area contributed by atoms with Crippen LogP contribution in [0.1, 0.15) is 120 Å². The number of hydrogen-bond donors (Lipinski definition) is 11. The van der Waals surface area contributed by atoms with Gasteiger partial charge in [0.15, 0.2) is 18.2 Å². The monoisotopic (exact) mass is 1550 g/mol. The van der Waals surface area contributed by atoms with E-state index in [1.54, 1.807) is 51.1 Å². The third kappa shape index (κ3) is 30.2. The molecule has 0 saturated carbocycles. The summed E-state index contributed by atoms with van der Waals surface area (Å²) in [5.74, 6) is -15.1. The number of nitrogens with zero attached hydrogens (tertiary/aromatic N) is 3. The minimum Gasteiger partial charge on any atom is -0.460 e. The second-order valence-electron chi connectivity index (χ2n) is 26.8. The molecule has 38 heteroatoms. The Morgan fingerprint density at radius 3 is 1.76 bits per heavy atom. The molecule has 0 saturated heterocycles. The molecular weight excluding hydrogens is 1450 g/mol. The van der Waals surface area contributed by atoms with E-state index < -0.39 is 206 Å². The van der Waals surface area contributed by atoms with Crippen LogP contribution in [0.25, 0.3) is 0 Å². The quantitative estimate of drug-likeness (QED) is 0.0106. The maximum absolute atomic E-state index is 14.4. The second-order valence-corrected chi connectivity index (χ2v) is 28.2. The predicted octanol–water partition coefficient (Wildman–Crippen LogP) is 0.315. The molecule has 1 heterocycles. The van der Waals surface area contributed by atoms with Crippen LogP contribution in [0.15, 0.2) is 79.0 Å². The molecule has 0 aromatic heterocycles. The van der Waals surface area contributed by atoms with Gasteiger partial charge in [0.2, 0.25) is 47.3 Å². The molecule has 2 aromatic rings. The molecule has 109 heavy (non-hydrogen) atoms. The molecule has 1 unspecified atom stereocenters. The van der Waals surface area contributed by atoms with Crippen molar-refractivity contribution in [1.82, 2.24) is 57.2 Å². The van der Waals surface area contributed by atoms with Crippen molar-refractivity contribution >= 4 is 108 Å². The average molecular weight is 1550 g/mol. The number of phosphoric acid groups is 1. The van der Waals surface area contributed by atoms with Gasteiger partial charge in [-0.2, -0.15) is 0 Å². The van der Waals surface area contributed by atoms with Crippen molar-refractivity contribution in [2.45, 2.75) is 195 Å². The zero-order valence-electron chi connectivity index (χ0n) is 64.1. The van der Waals surface area contributed by atoms with Crippen LogP contribution in [0.2, 0.25) is 0 Å². The number of phosphoric ester groups is 1. The number of carbonyl (C=O) groups excluding carboxylic acids is 16. The zero-order chi connectivity index (χ0) is 82.5. The molecule has 0 aliphatic carbocycles. The first-order valence-electron chi connectivity index (χ1n) is 34.9. The lowest BCUT2D eigenvalue weighted by atomic mass is 9.96. The van der Waals surface area contributed by atoms with Gasteiger partial charge in [0.1, 0.15) is 54.2 Å². The number of likely N-dealkylation sites (N-methyl/N-ethyl adjacent to an activating group) is 3. The van der Waals surface area contributed by atoms with E-state index in [0.717, 1.165) is 47.7 Å². The summed E-state index contributed by atoms with van der Waals surface area (Å²) < 4.78 is 46.9. The summed E-state index contributed by atoms with van der Waals surface area (Å²) in [6, 6.07) is 2.49. The van der Waals surface area contributed by atoms with E-state index in [9.17, 15) is 86.2 Å². The number of esters is 3. The Kier molecular flexibility index (Phi) is 37.5. The fourth-order valence-electron chi connectivity index (χ4n) is 10.5. The maximum atomic E-state index is 14.4. The minimum absolute atomic E-state index is 0.0255. The van der Waals surface area contributed by atoms with Crippen LogP contribution in [-0.2, 0) is 118 Å². The van der Waals surface area contributed by atoms with E-state index in [1.807, 2.05) is 0 Å². The van der Waals surface area contributed by atoms with Crippen molar-refractivity contribution in [1.29, 1.82) is 0 Å². The molecular formula is C71H104N13O24P. The average Bonchev–Trinajstić information content (AvgIpc) is 1.25. The number of ether oxygens (including phenoxy) is 4. The first kappa shape index (κ1) is 92.7. The van der Waals surface area contributed by atoms with E-state index in [1.165, 1.54) is 93.9 Å². The normalized spacial score (nSPS) is 15.7. The lowest BCUT2D eigenvalue weighted by molar-refractivity contribution is -0.167. The topological polar surface area (TPSA) is 510 Å². The standard InChI is InChI=1S/C71H104N13O24P/c1-37(2)56(80-52(87)31-33-84-53(88)29-30-54(84)89)66(95)79-50(24-21-32-74-71(72)100)64(93)78-49-27-25-48(26-28-49)36-104-109(101,102)108-61(39(5)6)59(77-46(13)86)70(99)107-60(38(3)4)58(65(94)73-14)81-63(92)43(10)82(15)67(96)41(8)75-62(91)42(9)83(16)68(97)51(35-47-22-19-18-20-23-47)106-69(98)57(76-45(12)85)44(11)105-55(90)34-40(7)103-17/h18-20,22-23,25-30,37-41,43-44,50-51,56-61H,9,21,24,31-36H2,1-8,10-17H3,(H,73,94)(H,75,91)(H,76,85)(H,77,86)(H,78,93)(H,79,95)(H,80,87)(H,81,92)(H,101,102)(H3,72,74,100)/t40-,41+,43+,44-,50+,51-,56+,57+,58+,59+,60-,61-/m1/s1. The highest BCUT2D eigenvalue weighted by Gasteiger charge is 2.44. The Hall–Kier alpha value is -10.5. The fraction of sp³-hybridized carbons (Fsp3) is 0.549. The number of hydrogen-bond acceptors (Lipinski definition) is 23. The fourth-order valence-corrected chi connectivity index (χ4v) is 11.5. The number of amides is 14. The van der Waals surface area contributed by atoms with Crippen LogP contribution >= 0.6 is 7.82 Å². The predicted molar refractivity (Wildman–Crippen MR) is 390 cm³/mol. The second kappa shape index (κ2) is 44.1. The van der Waals surface area contributed by atoms with Gasteiger partial charge >= 0.3 is 31.8 Å². The van der Waals surface area contributed by atoms with Gasteiger partial charge in [-0.3, -0.25) is 76.3 Å². The van der Waals surface area contributed by atoms with Crippen molar-refractivity contribution in [3.63, 3.8) is 0 Å². The first-order valence-corrected chi connectivity index (χ1v) is 36.4. The van der Waals surface area contributed by atoms with Crippen molar-refractivity contribution in [3.8, 4) is 0 Å². The van der Waals surface area contributed by atoms with Crippen molar-refractivity contribution < 1.29 is 114 Å². The first-order chi connectivity index (χ1) is 50.9. The minimum atomic E-state index is -5.22. The van der Waals surface area contributed by atoms with Crippen LogP contribution < -0.4 is 53.6 Å². The summed E-state index contributed by atoms with van der Waals surface area (Å²) >= 11 is 0. The lowest BCUT2D eigenvalue weighted by Gasteiger charge is -2.35. The smallest absolute Gasteiger partial charge is 0.460 e. The van der Waals surface area contributed by atoms with Crippen LogP contribution in [0.3, 0.4) is 0 Å². The lowest BCUT2D eigenvalue weighted by Crippen LogP contribution is -2.61. The van der Waals surface area contributed by atoms with Gasteiger partial charge in [-0.1, -0.05) is 90.6 Å². The number of primary amides is 1. The molecule has 37 nitrogen and oxygen atoms in total. The van der Waals surface area contributed by atoms with Crippen LogP contribution in [0.4, 0.5) is 10.5 Å². The SMILES string of the molecule is C=C(C(=O)N[C@@H](C)C(=O)N(C)[C@@H](C)C(=O)N[C@H](C(=O)NC)[C@H](OC(=O)[C@@H](NC(C)=O)[C@H](OP(=O)(O)OCc1ccc(NC(=O)[C@H](CCCNC(N)=O)NC(=O)[C@@H](NC(=O)CCN2C(=O)C=CC2=O)C(C)C)cc1)C(C)C)C(C)C)N(C)C(=O)[C@@H](Cc1ccccc1)OC(=O)[C@@H](NC(C)=O)[C@@H](C)OC(=O)C[C@@H](C)OC. The number of carbonyl (C=O) groups is 16. The number of nitrogens with two attached hydrogens (primary N) is 1. The summed E-state index contributed by atoms with van der Waals surface area (Å²) in [4.78, 5) is 225. The van der Waals surface area contributed by atoms with E-state index in [0.29, 0.717) is 5.56 Å². The molecule has 2 aromatic carbocycles. The molecule has 13 atom stereocenters. The van der Waals surface area contributed by atoms with Gasteiger partial charge < -0.3 is 87.2 Å². The van der Waals surface area contributed by atoms with Gasteiger partial charge in [0.25, 0.3) is 23.6 Å². The van der Waals surface area contributed by atoms with Gasteiger partial charge in [0.05, 0.1) is 19.1 Å². The number of urea groups is 1. The number of nitrogens with one attached hydrogen (secondary N) is 9. The Morgan fingerprint density at radius 2 is 1.22 bits per heavy atom. The van der Waals surface area contributed by atoms with Crippen molar-refractivity contribution in [3.05, 3.63) is 90.2 Å². The summed E-state index contributed by atoms with van der Waals surface area (Å²) in [5.41, 5.74) is 5.57. The molecule has 0 bridgehead atoms. The molecule has 1 aliphatic heterocycles. The summed E-state index contributed by atoms with van der Waals surface area (Å²) in [6.45, 7) is 19.8. The van der Waals surface area contributed by atoms with Gasteiger partial charge in [-0.25, -0.2) is 18.9 Å². The molecule has 0 spiro atoms. The molecule has 1 aliphatic rings. The zero-order valence-corrected chi connectivity index (χ0v) is 65.0. The van der Waals surface area contributed by atoms with E-state index in [4.69, 9.17) is 33.7 Å². The van der Waals surface area contributed by atoms with Crippen molar-refractivity contribution in [2.75, 3.05) is 46.7 Å². The molecule has 12 N–H and O–H groups in total. The van der Waals surface area contributed by atoms with Crippen molar-refractivity contribution in [2.24, 2.45) is 23.5 Å². The molecule has 0 fully saturated rings. The van der Waals surface area contributed by atoms with Crippen LogP contribution in [-0.4, -0.2) is 229 Å². The highest BCUT2D eigenvalue weighted by molar-refractivity contribution is 7.47. The number of imide groups is 1. The summed E-state index contributed by atoms with van der Waals surface area (Å²) in [6.07, 6.45) is -5.32. The number of methoxy groups -OCH3 is 1. The largest absolute Gasteiger partial charge is 0.472 e. The summed E-state index contributed by atoms with van der Waals surface area (Å²) in [7, 11) is -0.277.